The summed E-state index contributed by atoms with van der Waals surface area (Å²) >= 11 is 12.6. The molecule has 172 valence electrons. The van der Waals surface area contributed by atoms with Crippen LogP contribution in [0, 0.1) is 0 Å². The Kier molecular flexibility index (Phi) is 5.95. The molecule has 9 heteroatoms. The summed E-state index contributed by atoms with van der Waals surface area (Å²) in [6.07, 6.45) is 1.48. The molecule has 2 fully saturated rings. The largest absolute Gasteiger partial charge is 0.507 e. The Labute approximate surface area is 200 Å². The smallest absolute Gasteiger partial charge is 0.295 e. The van der Waals surface area contributed by atoms with E-state index in [-0.39, 0.29) is 24.0 Å². The van der Waals surface area contributed by atoms with Crippen LogP contribution in [0.5, 0.6) is 11.5 Å². The molecule has 1 N–H and O–H groups in total. The highest BCUT2D eigenvalue weighted by molar-refractivity contribution is 6.47. The molecule has 2 aromatic rings. The SMILES string of the molecule is O=C1C(=O)N(CC2CCCO2)C(c2ccc(Cl)cc2Cl)/C1=C(\O)c1ccc2c(c1)OCCO2. The maximum atomic E-state index is 13.2. The van der Waals surface area contributed by atoms with E-state index < -0.39 is 17.7 Å². The van der Waals surface area contributed by atoms with Gasteiger partial charge in [0.1, 0.15) is 19.0 Å². The van der Waals surface area contributed by atoms with E-state index in [1.807, 2.05) is 0 Å². The maximum absolute atomic E-state index is 13.2. The molecule has 2 atom stereocenters. The molecule has 1 amide bonds. The number of aliphatic hydroxyl groups excluding tert-OH is 1. The van der Waals surface area contributed by atoms with E-state index in [1.165, 1.54) is 4.90 Å². The average molecular weight is 490 g/mol. The van der Waals surface area contributed by atoms with Crippen LogP contribution in [-0.4, -0.2) is 54.2 Å². The molecule has 2 aromatic carbocycles. The molecule has 0 radical (unpaired) electrons. The van der Waals surface area contributed by atoms with Crippen LogP contribution < -0.4 is 9.47 Å². The van der Waals surface area contributed by atoms with Crippen LogP contribution in [0.4, 0.5) is 0 Å². The molecular formula is C24H21Cl2NO6. The minimum absolute atomic E-state index is 0.0427. The van der Waals surface area contributed by atoms with E-state index in [4.69, 9.17) is 37.4 Å². The molecule has 5 rings (SSSR count). The maximum Gasteiger partial charge on any atom is 0.295 e. The first-order valence-electron chi connectivity index (χ1n) is 10.7. The van der Waals surface area contributed by atoms with Crippen molar-refractivity contribution in [2.75, 3.05) is 26.4 Å². The number of likely N-dealkylation sites (tertiary alicyclic amines) is 1. The summed E-state index contributed by atoms with van der Waals surface area (Å²) < 4.78 is 16.8. The van der Waals surface area contributed by atoms with E-state index in [1.54, 1.807) is 36.4 Å². The summed E-state index contributed by atoms with van der Waals surface area (Å²) in [5, 5.41) is 12.0. The minimum Gasteiger partial charge on any atom is -0.507 e. The number of ether oxygens (including phenoxy) is 3. The quantitative estimate of drug-likeness (QED) is 0.390. The van der Waals surface area contributed by atoms with Crippen LogP contribution >= 0.6 is 23.2 Å². The number of rotatable bonds is 4. The highest BCUT2D eigenvalue weighted by Gasteiger charge is 2.47. The standard InChI is InChI=1S/C24H21Cl2NO6/c25-14-4-5-16(17(26)11-14)21-20(23(29)24(30)27(21)12-15-2-1-7-31-15)22(28)13-3-6-18-19(10-13)33-9-8-32-18/h3-6,10-11,15,21,28H,1-2,7-9,12H2/b22-20+. The van der Waals surface area contributed by atoms with E-state index in [9.17, 15) is 14.7 Å². The Balaban J connectivity index is 1.63. The average Bonchev–Trinajstić information content (AvgIpc) is 3.41. The molecule has 2 saturated heterocycles. The highest BCUT2D eigenvalue weighted by Crippen LogP contribution is 2.44. The number of carbonyl (C=O) groups excluding carboxylic acids is 2. The molecule has 3 heterocycles. The summed E-state index contributed by atoms with van der Waals surface area (Å²) in [6.45, 7) is 1.63. The molecule has 7 nitrogen and oxygen atoms in total. The van der Waals surface area contributed by atoms with Crippen molar-refractivity contribution in [1.82, 2.24) is 4.90 Å². The van der Waals surface area contributed by atoms with Crippen molar-refractivity contribution in [2.45, 2.75) is 25.0 Å². The van der Waals surface area contributed by atoms with Crippen molar-refractivity contribution in [3.63, 3.8) is 0 Å². The third kappa shape index (κ3) is 4.05. The molecule has 0 aliphatic carbocycles. The number of carbonyl (C=O) groups is 2. The van der Waals surface area contributed by atoms with Gasteiger partial charge in [-0.25, -0.2) is 0 Å². The minimum atomic E-state index is -0.882. The van der Waals surface area contributed by atoms with Crippen molar-refractivity contribution in [3.05, 3.63) is 63.1 Å². The lowest BCUT2D eigenvalue weighted by Gasteiger charge is -2.28. The number of hydrogen-bond donors (Lipinski definition) is 1. The Bertz CT molecular complexity index is 1160. The molecule has 0 bridgehead atoms. The Morgan fingerprint density at radius 1 is 1.03 bits per heavy atom. The first-order chi connectivity index (χ1) is 15.9. The van der Waals surface area contributed by atoms with Gasteiger partial charge < -0.3 is 24.2 Å². The number of aliphatic hydroxyl groups is 1. The zero-order chi connectivity index (χ0) is 23.1. The van der Waals surface area contributed by atoms with Gasteiger partial charge in [0, 0.05) is 28.8 Å². The highest BCUT2D eigenvalue weighted by atomic mass is 35.5. The molecule has 0 aromatic heterocycles. The Hall–Kier alpha value is -2.74. The number of Topliss-reactive ketones (excluding diaryl/α,β-unsaturated/α-hetero) is 1. The molecular weight excluding hydrogens is 469 g/mol. The zero-order valence-electron chi connectivity index (χ0n) is 17.6. The van der Waals surface area contributed by atoms with Crippen LogP contribution in [0.2, 0.25) is 10.0 Å². The van der Waals surface area contributed by atoms with E-state index in [2.05, 4.69) is 0 Å². The van der Waals surface area contributed by atoms with E-state index in [0.29, 0.717) is 52.5 Å². The normalized spacial score (nSPS) is 23.9. The Morgan fingerprint density at radius 2 is 1.82 bits per heavy atom. The van der Waals surface area contributed by atoms with Crippen molar-refractivity contribution in [3.8, 4) is 11.5 Å². The second kappa shape index (κ2) is 8.89. The summed E-state index contributed by atoms with van der Waals surface area (Å²) in [6, 6.07) is 8.85. The number of nitrogens with zero attached hydrogens (tertiary/aromatic N) is 1. The van der Waals surface area contributed by atoms with Crippen LogP contribution in [0.1, 0.15) is 30.0 Å². The lowest BCUT2D eigenvalue weighted by molar-refractivity contribution is -0.140. The van der Waals surface area contributed by atoms with Crippen molar-refractivity contribution < 1.29 is 28.9 Å². The van der Waals surface area contributed by atoms with Gasteiger partial charge in [0.25, 0.3) is 11.7 Å². The lowest BCUT2D eigenvalue weighted by atomic mass is 9.95. The third-order valence-electron chi connectivity index (χ3n) is 6.04. The first kappa shape index (κ1) is 22.1. The predicted molar refractivity (Wildman–Crippen MR) is 122 cm³/mol. The van der Waals surface area contributed by atoms with Crippen molar-refractivity contribution in [1.29, 1.82) is 0 Å². The van der Waals surface area contributed by atoms with Gasteiger partial charge in [0.15, 0.2) is 11.5 Å². The van der Waals surface area contributed by atoms with Crippen LogP contribution in [0.15, 0.2) is 42.0 Å². The number of ketones is 1. The summed E-state index contributed by atoms with van der Waals surface area (Å²) in [4.78, 5) is 27.7. The number of benzene rings is 2. The van der Waals surface area contributed by atoms with Crippen LogP contribution in [0.3, 0.4) is 0 Å². The van der Waals surface area contributed by atoms with Crippen molar-refractivity contribution >= 4 is 40.7 Å². The zero-order valence-corrected chi connectivity index (χ0v) is 19.1. The summed E-state index contributed by atoms with van der Waals surface area (Å²) in [7, 11) is 0. The molecule has 0 spiro atoms. The number of fused-ring (bicyclic) bond motifs is 1. The fraction of sp³-hybridized carbons (Fsp3) is 0.333. The van der Waals surface area contributed by atoms with Gasteiger partial charge in [-0.05, 0) is 48.7 Å². The van der Waals surface area contributed by atoms with Gasteiger partial charge in [0.05, 0.1) is 17.7 Å². The first-order valence-corrected chi connectivity index (χ1v) is 11.4. The summed E-state index contributed by atoms with van der Waals surface area (Å²) in [5.74, 6) is -0.790. The van der Waals surface area contributed by atoms with Crippen LogP contribution in [-0.2, 0) is 14.3 Å². The Morgan fingerprint density at radius 3 is 2.55 bits per heavy atom. The topological polar surface area (TPSA) is 85.3 Å². The molecule has 2 unspecified atom stereocenters. The van der Waals surface area contributed by atoms with Gasteiger partial charge >= 0.3 is 0 Å². The van der Waals surface area contributed by atoms with Crippen molar-refractivity contribution in [2.24, 2.45) is 0 Å². The number of hydrogen-bond acceptors (Lipinski definition) is 6. The van der Waals surface area contributed by atoms with Gasteiger partial charge in [-0.15, -0.1) is 0 Å². The van der Waals surface area contributed by atoms with E-state index in [0.717, 1.165) is 12.8 Å². The van der Waals surface area contributed by atoms with Gasteiger partial charge in [-0.2, -0.15) is 0 Å². The summed E-state index contributed by atoms with van der Waals surface area (Å²) in [5.41, 5.74) is 0.792. The molecule has 3 aliphatic heterocycles. The van der Waals surface area contributed by atoms with Gasteiger partial charge in [0.2, 0.25) is 0 Å². The van der Waals surface area contributed by atoms with E-state index >= 15 is 0 Å². The van der Waals surface area contributed by atoms with Gasteiger partial charge in [-0.1, -0.05) is 29.3 Å². The molecule has 0 saturated carbocycles. The molecule has 3 aliphatic rings. The molecule has 33 heavy (non-hydrogen) atoms. The fourth-order valence-electron chi connectivity index (χ4n) is 4.47. The fourth-order valence-corrected chi connectivity index (χ4v) is 4.98. The third-order valence-corrected chi connectivity index (χ3v) is 6.60. The lowest BCUT2D eigenvalue weighted by Crippen LogP contribution is -2.36. The predicted octanol–water partition coefficient (Wildman–Crippen LogP) is 4.37. The monoisotopic (exact) mass is 489 g/mol. The van der Waals surface area contributed by atoms with Crippen LogP contribution in [0.25, 0.3) is 5.76 Å². The number of halogens is 2. The second-order valence-corrected chi connectivity index (χ2v) is 8.95. The second-order valence-electron chi connectivity index (χ2n) is 8.11. The van der Waals surface area contributed by atoms with Gasteiger partial charge in [-0.3, -0.25) is 9.59 Å². The number of amides is 1.